The Kier molecular flexibility index (Phi) is 5.94. The average molecular weight is 524 g/mol. The zero-order valence-electron chi connectivity index (χ0n) is 22.2. The molecule has 198 valence electrons. The molecule has 0 unspecified atom stereocenters. The first-order chi connectivity index (χ1) is 18.8. The summed E-state index contributed by atoms with van der Waals surface area (Å²) in [4.78, 5) is 23.0. The van der Waals surface area contributed by atoms with Crippen LogP contribution < -0.4 is 10.1 Å². The summed E-state index contributed by atoms with van der Waals surface area (Å²) in [7, 11) is 1.97. The largest absolute Gasteiger partial charge is 0.503 e. The van der Waals surface area contributed by atoms with E-state index in [4.69, 9.17) is 4.74 Å². The summed E-state index contributed by atoms with van der Waals surface area (Å²) in [6.45, 7) is 6.50. The summed E-state index contributed by atoms with van der Waals surface area (Å²) in [5.74, 6) is 1.78. The third-order valence-electron chi connectivity index (χ3n) is 7.13. The molecule has 2 N–H and O–H groups in total. The van der Waals surface area contributed by atoms with Gasteiger partial charge < -0.3 is 24.6 Å². The second-order valence-electron chi connectivity index (χ2n) is 10.1. The highest BCUT2D eigenvalue weighted by Gasteiger charge is 2.35. The van der Waals surface area contributed by atoms with Gasteiger partial charge in [-0.25, -0.2) is 14.5 Å². The number of imidazole rings is 1. The van der Waals surface area contributed by atoms with Crippen molar-refractivity contribution >= 4 is 34.0 Å². The van der Waals surface area contributed by atoms with E-state index in [9.17, 15) is 9.90 Å². The number of amides is 1. The van der Waals surface area contributed by atoms with E-state index in [1.54, 1.807) is 29.6 Å². The number of aliphatic hydroxyl groups is 1. The first-order valence-electron chi connectivity index (χ1n) is 12.7. The van der Waals surface area contributed by atoms with Crippen molar-refractivity contribution in [1.82, 2.24) is 29.0 Å². The molecule has 6 rings (SSSR count). The van der Waals surface area contributed by atoms with Gasteiger partial charge in [-0.3, -0.25) is 4.79 Å². The number of carbonyl (C=O) groups excluding carboxylic acids is 1. The molecule has 0 aliphatic carbocycles. The van der Waals surface area contributed by atoms with Crippen LogP contribution in [0.5, 0.6) is 11.5 Å². The minimum absolute atomic E-state index is 0.129. The number of allylic oxidation sites excluding steroid dienone is 1. The molecule has 10 heteroatoms. The van der Waals surface area contributed by atoms with Crippen LogP contribution in [0.25, 0.3) is 16.6 Å². The fourth-order valence-corrected chi connectivity index (χ4v) is 4.89. The Morgan fingerprint density at radius 2 is 1.92 bits per heavy atom. The van der Waals surface area contributed by atoms with E-state index in [0.717, 1.165) is 44.9 Å². The maximum absolute atomic E-state index is 12.4. The van der Waals surface area contributed by atoms with E-state index >= 15 is 0 Å². The zero-order chi connectivity index (χ0) is 27.3. The highest BCUT2D eigenvalue weighted by molar-refractivity contribution is 5.92. The highest BCUT2D eigenvalue weighted by atomic mass is 16.5. The number of nitrogens with zero attached hydrogens (tertiary/aromatic N) is 6. The predicted octanol–water partition coefficient (Wildman–Crippen LogP) is 5.24. The number of benzene rings is 2. The second-order valence-corrected chi connectivity index (χ2v) is 10.1. The molecule has 39 heavy (non-hydrogen) atoms. The molecule has 10 nitrogen and oxygen atoms in total. The van der Waals surface area contributed by atoms with Crippen molar-refractivity contribution in [3.8, 4) is 11.5 Å². The number of hydrogen-bond donors (Lipinski definition) is 2. The van der Waals surface area contributed by atoms with E-state index in [-0.39, 0.29) is 17.6 Å². The first kappa shape index (κ1) is 24.5. The van der Waals surface area contributed by atoms with Crippen LogP contribution >= 0.6 is 0 Å². The molecule has 0 bridgehead atoms. The van der Waals surface area contributed by atoms with Gasteiger partial charge in [-0.2, -0.15) is 5.10 Å². The molecule has 0 saturated carbocycles. The summed E-state index contributed by atoms with van der Waals surface area (Å²) in [6.07, 6.45) is 5.20. The quantitative estimate of drug-likeness (QED) is 0.231. The molecule has 1 amide bonds. The van der Waals surface area contributed by atoms with E-state index < -0.39 is 0 Å². The van der Waals surface area contributed by atoms with Crippen LogP contribution in [0.2, 0.25) is 0 Å². The van der Waals surface area contributed by atoms with Crippen molar-refractivity contribution in [2.75, 3.05) is 18.4 Å². The summed E-state index contributed by atoms with van der Waals surface area (Å²) in [5.41, 5.74) is 6.30. The minimum atomic E-state index is -0.331. The Labute approximate surface area is 225 Å². The number of nitrogens with one attached hydrogen (secondary N) is 1. The summed E-state index contributed by atoms with van der Waals surface area (Å²) < 4.78 is 9.93. The van der Waals surface area contributed by atoms with Crippen LogP contribution in [0, 0.1) is 6.92 Å². The molecule has 1 saturated heterocycles. The maximum Gasteiger partial charge on any atom is 0.288 e. The number of carbonyl (C=O) groups is 1. The molecule has 4 heterocycles. The second kappa shape index (κ2) is 9.46. The molecule has 0 spiro atoms. The van der Waals surface area contributed by atoms with Crippen LogP contribution in [0.1, 0.15) is 30.9 Å². The van der Waals surface area contributed by atoms with Gasteiger partial charge >= 0.3 is 0 Å². The molecular formula is C29H29N7O3. The van der Waals surface area contributed by atoms with Gasteiger partial charge in [-0.05, 0) is 73.9 Å². The van der Waals surface area contributed by atoms with Crippen molar-refractivity contribution in [3.63, 3.8) is 0 Å². The number of likely N-dealkylation sites (tertiary alicyclic amines) is 1. The fourth-order valence-electron chi connectivity index (χ4n) is 4.89. The van der Waals surface area contributed by atoms with Crippen LogP contribution in [-0.4, -0.2) is 53.2 Å². The number of fused-ring (bicyclic) bond motifs is 2. The molecule has 3 aromatic heterocycles. The molecule has 0 radical (unpaired) electrons. The first-order valence-corrected chi connectivity index (χ1v) is 12.7. The van der Waals surface area contributed by atoms with Crippen LogP contribution in [-0.2, 0) is 11.8 Å². The third kappa shape index (κ3) is 4.43. The SMILES string of the molecule is CC(C)=C(O)C(=O)N1CC(c2ccn3ncnc(Nc4ccc(Oc5ccc6c(c5)ncn6C)c(C)c4)c23)C1. The van der Waals surface area contributed by atoms with Gasteiger partial charge in [0.2, 0.25) is 0 Å². The lowest BCUT2D eigenvalue weighted by atomic mass is 9.91. The Hall–Kier alpha value is -4.86. The Morgan fingerprint density at radius 3 is 2.69 bits per heavy atom. The number of aliphatic hydroxyl groups excluding tert-OH is 1. The Balaban J connectivity index is 1.21. The minimum Gasteiger partial charge on any atom is -0.503 e. The normalized spacial score (nSPS) is 13.5. The third-order valence-corrected chi connectivity index (χ3v) is 7.13. The smallest absolute Gasteiger partial charge is 0.288 e. The molecule has 1 aliphatic rings. The van der Waals surface area contributed by atoms with E-state index in [1.165, 1.54) is 6.33 Å². The number of anilines is 2. The lowest BCUT2D eigenvalue weighted by Crippen LogP contribution is -2.49. The Morgan fingerprint density at radius 1 is 1.10 bits per heavy atom. The van der Waals surface area contributed by atoms with Crippen LogP contribution in [0.3, 0.4) is 0 Å². The number of hydrogen-bond acceptors (Lipinski definition) is 7. The number of rotatable bonds is 6. The van der Waals surface area contributed by atoms with E-state index in [2.05, 4.69) is 20.4 Å². The van der Waals surface area contributed by atoms with Crippen molar-refractivity contribution in [3.05, 3.63) is 83.8 Å². The summed E-state index contributed by atoms with van der Waals surface area (Å²) >= 11 is 0. The predicted molar refractivity (Wildman–Crippen MR) is 149 cm³/mol. The van der Waals surface area contributed by atoms with Crippen molar-refractivity contribution in [2.24, 2.45) is 7.05 Å². The van der Waals surface area contributed by atoms with Gasteiger partial charge in [-0.15, -0.1) is 0 Å². The van der Waals surface area contributed by atoms with Gasteiger partial charge in [0.15, 0.2) is 11.6 Å². The van der Waals surface area contributed by atoms with E-state index in [1.807, 2.05) is 67.2 Å². The monoisotopic (exact) mass is 523 g/mol. The molecule has 1 aliphatic heterocycles. The van der Waals surface area contributed by atoms with Crippen molar-refractivity contribution < 1.29 is 14.6 Å². The lowest BCUT2D eigenvalue weighted by molar-refractivity contribution is -0.134. The average Bonchev–Trinajstić information content (AvgIpc) is 3.48. The topological polar surface area (TPSA) is 110 Å². The summed E-state index contributed by atoms with van der Waals surface area (Å²) in [6, 6.07) is 13.8. The van der Waals surface area contributed by atoms with Gasteiger partial charge in [0.25, 0.3) is 5.91 Å². The molecule has 2 aromatic carbocycles. The van der Waals surface area contributed by atoms with Gasteiger partial charge in [0.05, 0.1) is 17.4 Å². The Bertz CT molecular complexity index is 1760. The van der Waals surface area contributed by atoms with Crippen LogP contribution in [0.4, 0.5) is 11.5 Å². The zero-order valence-corrected chi connectivity index (χ0v) is 22.2. The number of aryl methyl sites for hydroxylation is 2. The molecule has 1 fully saturated rings. The number of ether oxygens (including phenoxy) is 1. The van der Waals surface area contributed by atoms with E-state index in [0.29, 0.717) is 24.5 Å². The van der Waals surface area contributed by atoms with Gasteiger partial charge in [-0.1, -0.05) is 0 Å². The number of aromatic nitrogens is 5. The molecule has 0 atom stereocenters. The van der Waals surface area contributed by atoms with Crippen molar-refractivity contribution in [1.29, 1.82) is 0 Å². The standard InChI is InChI=1S/C29H29N7O3/c1-17(2)27(37)29(38)35-13-19(14-35)22-9-10-36-26(22)28(30-15-32-36)33-20-5-8-25(18(3)11-20)39-21-6-7-24-23(12-21)31-16-34(24)4/h5-12,15-16,19,37H,13-14H2,1-4H3,(H,30,32,33). The van der Waals surface area contributed by atoms with Gasteiger partial charge in [0.1, 0.15) is 23.3 Å². The highest BCUT2D eigenvalue weighted by Crippen LogP contribution is 2.35. The summed E-state index contributed by atoms with van der Waals surface area (Å²) in [5, 5.41) is 17.8. The molecule has 5 aromatic rings. The molecular weight excluding hydrogens is 494 g/mol. The lowest BCUT2D eigenvalue weighted by Gasteiger charge is -2.39. The fraction of sp³-hybridized carbons (Fsp3) is 0.241. The van der Waals surface area contributed by atoms with Crippen LogP contribution in [0.15, 0.2) is 72.6 Å². The van der Waals surface area contributed by atoms with Gasteiger partial charge in [0, 0.05) is 44.0 Å². The van der Waals surface area contributed by atoms with Crippen molar-refractivity contribution in [2.45, 2.75) is 26.7 Å². The maximum atomic E-state index is 12.4.